The summed E-state index contributed by atoms with van der Waals surface area (Å²) >= 11 is 3.31. The number of pyridine rings is 1. The molecule has 16 heavy (non-hydrogen) atoms. The second-order valence-corrected chi connectivity index (χ2v) is 4.26. The number of carboxylic acids is 1. The zero-order valence-corrected chi connectivity index (χ0v) is 9.89. The number of nitrogens with zero attached hydrogens (tertiary/aromatic N) is 2. The maximum atomic E-state index is 10.7. The summed E-state index contributed by atoms with van der Waals surface area (Å²) in [6.07, 6.45) is 5.04. The average molecular weight is 281 g/mol. The molecule has 82 valence electrons. The lowest BCUT2D eigenvalue weighted by molar-refractivity contribution is 0.0697. The Morgan fingerprint density at radius 2 is 2.25 bits per heavy atom. The summed E-state index contributed by atoms with van der Waals surface area (Å²) in [7, 11) is 0. The van der Waals surface area contributed by atoms with Gasteiger partial charge in [-0.25, -0.2) is 4.79 Å². The van der Waals surface area contributed by atoms with Crippen molar-refractivity contribution >= 4 is 21.9 Å². The third-order valence-electron chi connectivity index (χ3n) is 2.13. The van der Waals surface area contributed by atoms with Crippen molar-refractivity contribution in [2.75, 3.05) is 0 Å². The highest BCUT2D eigenvalue weighted by Gasteiger charge is 2.04. The van der Waals surface area contributed by atoms with Gasteiger partial charge in [-0.3, -0.25) is 4.98 Å². The van der Waals surface area contributed by atoms with Gasteiger partial charge in [-0.15, -0.1) is 0 Å². The first-order valence-electron chi connectivity index (χ1n) is 4.64. The molecule has 1 N–H and O–H groups in total. The smallest absolute Gasteiger partial charge is 0.337 e. The molecule has 0 spiro atoms. The van der Waals surface area contributed by atoms with E-state index in [1.165, 1.54) is 0 Å². The van der Waals surface area contributed by atoms with Gasteiger partial charge in [-0.05, 0) is 34.1 Å². The van der Waals surface area contributed by atoms with E-state index in [0.717, 1.165) is 10.2 Å². The standard InChI is InChI=1S/C11H9BrN2O2/c12-9-1-2-10(13-5-9)7-14-4-3-8(6-14)11(15)16/h1-6H,7H2,(H,15,16). The highest BCUT2D eigenvalue weighted by Crippen LogP contribution is 2.09. The lowest BCUT2D eigenvalue weighted by atomic mass is 10.3. The van der Waals surface area contributed by atoms with Crippen LogP contribution in [0.2, 0.25) is 0 Å². The molecule has 2 rings (SSSR count). The molecule has 0 radical (unpaired) electrons. The lowest BCUT2D eigenvalue weighted by Gasteiger charge is -2.01. The van der Waals surface area contributed by atoms with Gasteiger partial charge >= 0.3 is 5.97 Å². The topological polar surface area (TPSA) is 55.1 Å². The Balaban J connectivity index is 2.14. The van der Waals surface area contributed by atoms with E-state index in [1.54, 1.807) is 29.2 Å². The van der Waals surface area contributed by atoms with Crippen LogP contribution in [0.4, 0.5) is 0 Å². The zero-order valence-electron chi connectivity index (χ0n) is 8.30. The summed E-state index contributed by atoms with van der Waals surface area (Å²) in [5.74, 6) is -0.914. The quantitative estimate of drug-likeness (QED) is 0.939. The molecule has 0 aromatic carbocycles. The normalized spacial score (nSPS) is 10.3. The number of aromatic nitrogens is 2. The molecule has 0 saturated carbocycles. The average Bonchev–Trinajstić information content (AvgIpc) is 2.70. The van der Waals surface area contributed by atoms with E-state index in [9.17, 15) is 4.79 Å². The van der Waals surface area contributed by atoms with Gasteiger partial charge in [0.05, 0.1) is 17.8 Å². The Bertz CT molecular complexity index is 505. The fourth-order valence-electron chi connectivity index (χ4n) is 1.35. The summed E-state index contributed by atoms with van der Waals surface area (Å²) in [6, 6.07) is 5.37. The van der Waals surface area contributed by atoms with Crippen molar-refractivity contribution < 1.29 is 9.90 Å². The molecule has 2 aromatic heterocycles. The first-order valence-corrected chi connectivity index (χ1v) is 5.44. The van der Waals surface area contributed by atoms with Crippen molar-refractivity contribution in [3.8, 4) is 0 Å². The van der Waals surface area contributed by atoms with Crippen molar-refractivity contribution in [3.05, 3.63) is 52.5 Å². The fourth-order valence-corrected chi connectivity index (χ4v) is 1.59. The van der Waals surface area contributed by atoms with Crippen LogP contribution in [0.1, 0.15) is 16.1 Å². The Morgan fingerprint density at radius 3 is 2.81 bits per heavy atom. The maximum Gasteiger partial charge on any atom is 0.337 e. The van der Waals surface area contributed by atoms with Crippen LogP contribution < -0.4 is 0 Å². The molecule has 0 aliphatic heterocycles. The minimum Gasteiger partial charge on any atom is -0.478 e. The summed E-state index contributed by atoms with van der Waals surface area (Å²) in [4.78, 5) is 14.9. The van der Waals surface area contributed by atoms with Gasteiger partial charge in [0.2, 0.25) is 0 Å². The van der Waals surface area contributed by atoms with Crippen LogP contribution in [0.15, 0.2) is 41.3 Å². The Kier molecular flexibility index (Phi) is 3.05. The van der Waals surface area contributed by atoms with Gasteiger partial charge in [0.15, 0.2) is 0 Å². The number of aromatic carboxylic acids is 1. The lowest BCUT2D eigenvalue weighted by Crippen LogP contribution is -1.99. The molecule has 0 atom stereocenters. The minimum atomic E-state index is -0.914. The van der Waals surface area contributed by atoms with E-state index in [-0.39, 0.29) is 5.56 Å². The molecule has 4 nitrogen and oxygen atoms in total. The predicted octanol–water partition coefficient (Wildman–Crippen LogP) is 2.39. The molecule has 0 aliphatic rings. The molecule has 2 heterocycles. The Morgan fingerprint density at radius 1 is 1.44 bits per heavy atom. The van der Waals surface area contributed by atoms with Crippen LogP contribution in [0.25, 0.3) is 0 Å². The summed E-state index contributed by atoms with van der Waals surface area (Å²) in [5.41, 5.74) is 1.17. The zero-order chi connectivity index (χ0) is 11.5. The summed E-state index contributed by atoms with van der Waals surface area (Å²) < 4.78 is 2.72. The van der Waals surface area contributed by atoms with E-state index < -0.39 is 5.97 Å². The highest BCUT2D eigenvalue weighted by atomic mass is 79.9. The minimum absolute atomic E-state index is 0.289. The molecule has 0 saturated heterocycles. The number of rotatable bonds is 3. The summed E-state index contributed by atoms with van der Waals surface area (Å²) in [6.45, 7) is 0.570. The molecule has 0 unspecified atom stereocenters. The molecular weight excluding hydrogens is 272 g/mol. The van der Waals surface area contributed by atoms with E-state index >= 15 is 0 Å². The van der Waals surface area contributed by atoms with Crippen LogP contribution in [0.5, 0.6) is 0 Å². The summed E-state index contributed by atoms with van der Waals surface area (Å²) in [5, 5.41) is 8.77. The molecule has 0 fully saturated rings. The second-order valence-electron chi connectivity index (χ2n) is 3.35. The van der Waals surface area contributed by atoms with Crippen LogP contribution in [-0.4, -0.2) is 20.6 Å². The SMILES string of the molecule is O=C(O)c1ccn(Cc2ccc(Br)cn2)c1. The van der Waals surface area contributed by atoms with Crippen LogP contribution >= 0.6 is 15.9 Å². The van der Waals surface area contributed by atoms with Crippen molar-refractivity contribution in [2.45, 2.75) is 6.54 Å². The number of hydrogen-bond donors (Lipinski definition) is 1. The molecule has 5 heteroatoms. The monoisotopic (exact) mass is 280 g/mol. The van der Waals surface area contributed by atoms with Crippen molar-refractivity contribution in [3.63, 3.8) is 0 Å². The third kappa shape index (κ3) is 2.49. The van der Waals surface area contributed by atoms with Crippen molar-refractivity contribution in [2.24, 2.45) is 0 Å². The van der Waals surface area contributed by atoms with E-state index in [4.69, 9.17) is 5.11 Å². The van der Waals surface area contributed by atoms with Crippen LogP contribution in [0, 0.1) is 0 Å². The number of carboxylic acid groups (broad SMARTS) is 1. The molecule has 0 amide bonds. The first kappa shape index (κ1) is 10.9. The van der Waals surface area contributed by atoms with Crippen LogP contribution in [-0.2, 0) is 6.54 Å². The van der Waals surface area contributed by atoms with Gasteiger partial charge in [-0.2, -0.15) is 0 Å². The van der Waals surface area contributed by atoms with Gasteiger partial charge in [0.1, 0.15) is 0 Å². The highest BCUT2D eigenvalue weighted by molar-refractivity contribution is 9.10. The second kappa shape index (κ2) is 4.49. The predicted molar refractivity (Wildman–Crippen MR) is 62.4 cm³/mol. The van der Waals surface area contributed by atoms with Gasteiger partial charge < -0.3 is 9.67 Å². The molecule has 0 bridgehead atoms. The van der Waals surface area contributed by atoms with Gasteiger partial charge in [0, 0.05) is 23.1 Å². The van der Waals surface area contributed by atoms with E-state index in [0.29, 0.717) is 6.54 Å². The number of carbonyl (C=O) groups is 1. The number of halogens is 1. The Hall–Kier alpha value is -1.62. The van der Waals surface area contributed by atoms with E-state index in [2.05, 4.69) is 20.9 Å². The Labute approximate surface area is 101 Å². The van der Waals surface area contributed by atoms with Crippen molar-refractivity contribution in [1.29, 1.82) is 0 Å². The third-order valence-corrected chi connectivity index (χ3v) is 2.60. The molecule has 2 aromatic rings. The molecule has 0 aliphatic carbocycles. The van der Waals surface area contributed by atoms with Crippen LogP contribution in [0.3, 0.4) is 0 Å². The maximum absolute atomic E-state index is 10.7. The largest absolute Gasteiger partial charge is 0.478 e. The number of hydrogen-bond acceptors (Lipinski definition) is 2. The first-order chi connectivity index (χ1) is 7.65. The molecular formula is C11H9BrN2O2. The van der Waals surface area contributed by atoms with Gasteiger partial charge in [0.25, 0.3) is 0 Å². The van der Waals surface area contributed by atoms with Gasteiger partial charge in [-0.1, -0.05) is 0 Å². The fraction of sp³-hybridized carbons (Fsp3) is 0.0909. The van der Waals surface area contributed by atoms with Crippen molar-refractivity contribution in [1.82, 2.24) is 9.55 Å². The van der Waals surface area contributed by atoms with E-state index in [1.807, 2.05) is 12.1 Å².